The maximum atomic E-state index is 6.01. The van der Waals surface area contributed by atoms with Gasteiger partial charge in [-0.1, -0.05) is 0 Å². The lowest BCUT2D eigenvalue weighted by Crippen LogP contribution is -2.39. The fourth-order valence-corrected chi connectivity index (χ4v) is 2.74. The number of aromatic nitrogens is 2. The average molecular weight is 298 g/mol. The number of likely N-dealkylation sites (tertiary alicyclic amines) is 1. The summed E-state index contributed by atoms with van der Waals surface area (Å²) in [5, 5.41) is 0. The summed E-state index contributed by atoms with van der Waals surface area (Å²) in [5.74, 6) is 0.843. The first-order valence-electron chi connectivity index (χ1n) is 7.68. The highest BCUT2D eigenvalue weighted by atomic mass is 16.5. The van der Waals surface area contributed by atoms with Crippen molar-refractivity contribution in [3.05, 3.63) is 35.9 Å². The molecule has 1 aliphatic heterocycles. The Morgan fingerprint density at radius 1 is 1.18 bits per heavy atom. The molecule has 1 aliphatic rings. The summed E-state index contributed by atoms with van der Waals surface area (Å²) < 4.78 is 6.01. The molecular weight excluding hydrogens is 276 g/mol. The summed E-state index contributed by atoms with van der Waals surface area (Å²) in [6.45, 7) is 7.98. The number of hydrogen-bond donors (Lipinski definition) is 1. The smallest absolute Gasteiger partial charge is 0.127 e. The van der Waals surface area contributed by atoms with Crippen LogP contribution in [-0.4, -0.2) is 41.1 Å². The third-order valence-corrected chi connectivity index (χ3v) is 4.11. The van der Waals surface area contributed by atoms with Gasteiger partial charge < -0.3 is 10.5 Å². The first-order valence-corrected chi connectivity index (χ1v) is 7.68. The Morgan fingerprint density at radius 3 is 2.55 bits per heavy atom. The van der Waals surface area contributed by atoms with E-state index in [2.05, 4.69) is 14.9 Å². The minimum absolute atomic E-state index is 0.683. The Hall–Kier alpha value is -2.14. The molecule has 0 amide bonds. The number of rotatable bonds is 5. The summed E-state index contributed by atoms with van der Waals surface area (Å²) in [7, 11) is 0. The first-order chi connectivity index (χ1) is 10.6. The van der Waals surface area contributed by atoms with Crippen LogP contribution < -0.4 is 10.5 Å². The zero-order chi connectivity index (χ0) is 15.5. The molecular formula is C17H22N4O. The second-order valence-electron chi connectivity index (χ2n) is 5.72. The first kappa shape index (κ1) is 14.8. The number of ether oxygens (including phenoxy) is 1. The lowest BCUT2D eigenvalue weighted by Gasteiger charge is -2.30. The molecule has 5 nitrogen and oxygen atoms in total. The maximum absolute atomic E-state index is 6.01. The molecule has 0 aliphatic carbocycles. The zero-order valence-corrected chi connectivity index (χ0v) is 13.2. The van der Waals surface area contributed by atoms with Crippen LogP contribution in [0.4, 0.5) is 5.69 Å². The van der Waals surface area contributed by atoms with Crippen LogP contribution in [0.1, 0.15) is 17.8 Å². The number of nitrogens with two attached hydrogens (primary N) is 1. The number of benzene rings is 1. The molecule has 1 fully saturated rings. The molecule has 0 spiro atoms. The van der Waals surface area contributed by atoms with Gasteiger partial charge in [0.05, 0.1) is 0 Å². The highest BCUT2D eigenvalue weighted by Gasteiger charge is 2.16. The van der Waals surface area contributed by atoms with Crippen LogP contribution in [0, 0.1) is 13.8 Å². The quantitative estimate of drug-likeness (QED) is 0.859. The fourth-order valence-electron chi connectivity index (χ4n) is 2.74. The molecule has 0 radical (unpaired) electrons. The van der Waals surface area contributed by atoms with Crippen molar-refractivity contribution in [2.24, 2.45) is 0 Å². The van der Waals surface area contributed by atoms with Gasteiger partial charge in [0, 0.05) is 34.7 Å². The topological polar surface area (TPSA) is 64.3 Å². The van der Waals surface area contributed by atoms with Gasteiger partial charge in [0.25, 0.3) is 0 Å². The third kappa shape index (κ3) is 3.04. The molecule has 1 aromatic heterocycles. The van der Waals surface area contributed by atoms with Crippen molar-refractivity contribution in [3.8, 4) is 16.9 Å². The van der Waals surface area contributed by atoms with Gasteiger partial charge in [0.15, 0.2) is 0 Å². The molecule has 2 aromatic rings. The predicted molar refractivity (Wildman–Crippen MR) is 87.9 cm³/mol. The Labute approximate surface area is 131 Å². The van der Waals surface area contributed by atoms with E-state index in [-0.39, 0.29) is 0 Å². The lowest BCUT2D eigenvalue weighted by molar-refractivity contribution is 0.147. The molecule has 2 N–H and O–H groups in total. The molecule has 1 aromatic carbocycles. The van der Waals surface area contributed by atoms with Crippen molar-refractivity contribution >= 4 is 5.69 Å². The summed E-state index contributed by atoms with van der Waals surface area (Å²) in [6.07, 6.45) is 2.89. The number of nitrogen functional groups attached to an aromatic ring is 1. The van der Waals surface area contributed by atoms with Gasteiger partial charge in [-0.15, -0.1) is 0 Å². The number of nitrogens with zero attached hydrogens (tertiary/aromatic N) is 3. The SMILES string of the molecule is Cc1ncnc(C)c1-c1cc(N)ccc1OCCN1CCC1. The minimum atomic E-state index is 0.683. The van der Waals surface area contributed by atoms with Crippen LogP contribution in [0.25, 0.3) is 11.1 Å². The van der Waals surface area contributed by atoms with Crippen molar-refractivity contribution in [2.45, 2.75) is 20.3 Å². The fraction of sp³-hybridized carbons (Fsp3) is 0.412. The Bertz CT molecular complexity index is 647. The maximum Gasteiger partial charge on any atom is 0.127 e. The summed E-state index contributed by atoms with van der Waals surface area (Å²) in [4.78, 5) is 11.0. The molecule has 1 saturated heterocycles. The monoisotopic (exact) mass is 298 g/mol. The Morgan fingerprint density at radius 2 is 1.91 bits per heavy atom. The standard InChI is InChI=1S/C17H22N4O/c1-12-17(13(2)20-11-19-12)15-10-14(18)4-5-16(15)22-9-8-21-6-3-7-21/h4-5,10-11H,3,6-9,18H2,1-2H3. The van der Waals surface area contributed by atoms with Crippen LogP contribution in [0.5, 0.6) is 5.75 Å². The summed E-state index contributed by atoms with van der Waals surface area (Å²) in [5.41, 5.74) is 10.5. The van der Waals surface area contributed by atoms with E-state index in [0.717, 1.165) is 34.8 Å². The molecule has 2 heterocycles. The number of aryl methyl sites for hydroxylation is 2. The zero-order valence-electron chi connectivity index (χ0n) is 13.2. The van der Waals surface area contributed by atoms with Crippen molar-refractivity contribution in [1.29, 1.82) is 0 Å². The molecule has 22 heavy (non-hydrogen) atoms. The molecule has 0 unspecified atom stereocenters. The van der Waals surface area contributed by atoms with Gasteiger partial charge in [-0.05, 0) is 51.6 Å². The minimum Gasteiger partial charge on any atom is -0.492 e. The Balaban J connectivity index is 1.87. The van der Waals surface area contributed by atoms with Gasteiger partial charge in [-0.25, -0.2) is 9.97 Å². The van der Waals surface area contributed by atoms with Crippen LogP contribution in [0.15, 0.2) is 24.5 Å². The van der Waals surface area contributed by atoms with Crippen molar-refractivity contribution < 1.29 is 4.74 Å². The molecule has 116 valence electrons. The van der Waals surface area contributed by atoms with Crippen molar-refractivity contribution in [2.75, 3.05) is 32.0 Å². The molecule has 3 rings (SSSR count). The van der Waals surface area contributed by atoms with Gasteiger partial charge >= 0.3 is 0 Å². The van der Waals surface area contributed by atoms with Crippen LogP contribution >= 0.6 is 0 Å². The van der Waals surface area contributed by atoms with Gasteiger partial charge in [-0.3, -0.25) is 4.90 Å². The summed E-state index contributed by atoms with van der Waals surface area (Å²) in [6, 6.07) is 5.75. The third-order valence-electron chi connectivity index (χ3n) is 4.11. The lowest BCUT2D eigenvalue weighted by atomic mass is 10.0. The second-order valence-corrected chi connectivity index (χ2v) is 5.72. The van der Waals surface area contributed by atoms with Gasteiger partial charge in [-0.2, -0.15) is 0 Å². The van der Waals surface area contributed by atoms with Crippen molar-refractivity contribution in [3.63, 3.8) is 0 Å². The molecule has 5 heteroatoms. The van der Waals surface area contributed by atoms with E-state index in [4.69, 9.17) is 10.5 Å². The molecule has 0 saturated carbocycles. The Kier molecular flexibility index (Phi) is 4.24. The average Bonchev–Trinajstić information content (AvgIpc) is 2.43. The van der Waals surface area contributed by atoms with E-state index in [9.17, 15) is 0 Å². The molecule has 0 bridgehead atoms. The highest BCUT2D eigenvalue weighted by molar-refractivity contribution is 5.76. The summed E-state index contributed by atoms with van der Waals surface area (Å²) >= 11 is 0. The van der Waals surface area contributed by atoms with E-state index in [1.54, 1.807) is 6.33 Å². The van der Waals surface area contributed by atoms with Crippen LogP contribution in [-0.2, 0) is 0 Å². The molecule has 0 atom stereocenters. The van der Waals surface area contributed by atoms with E-state index in [0.29, 0.717) is 12.3 Å². The predicted octanol–water partition coefficient (Wildman–Crippen LogP) is 2.43. The van der Waals surface area contributed by atoms with Gasteiger partial charge in [0.2, 0.25) is 0 Å². The van der Waals surface area contributed by atoms with E-state index in [1.807, 2.05) is 32.0 Å². The number of anilines is 1. The largest absolute Gasteiger partial charge is 0.492 e. The normalized spacial score (nSPS) is 14.6. The van der Waals surface area contributed by atoms with E-state index < -0.39 is 0 Å². The van der Waals surface area contributed by atoms with E-state index >= 15 is 0 Å². The van der Waals surface area contributed by atoms with Crippen molar-refractivity contribution in [1.82, 2.24) is 14.9 Å². The van der Waals surface area contributed by atoms with Crippen LogP contribution in [0.2, 0.25) is 0 Å². The highest BCUT2D eigenvalue weighted by Crippen LogP contribution is 2.34. The second kappa shape index (κ2) is 6.32. The van der Waals surface area contributed by atoms with Gasteiger partial charge in [0.1, 0.15) is 18.7 Å². The van der Waals surface area contributed by atoms with Crippen LogP contribution in [0.3, 0.4) is 0 Å². The van der Waals surface area contributed by atoms with E-state index in [1.165, 1.54) is 19.5 Å². The number of hydrogen-bond acceptors (Lipinski definition) is 5.